The van der Waals surface area contributed by atoms with Crippen LogP contribution >= 0.6 is 0 Å². The van der Waals surface area contributed by atoms with Crippen LogP contribution < -0.4 is 10.6 Å². The molecule has 0 radical (unpaired) electrons. The molecule has 0 aliphatic heterocycles. The van der Waals surface area contributed by atoms with Gasteiger partial charge in [-0.25, -0.2) is 9.59 Å². The Balaban J connectivity index is 1.14. The van der Waals surface area contributed by atoms with Gasteiger partial charge in [-0.3, -0.25) is 4.79 Å². The molecule has 1 aliphatic rings. The summed E-state index contributed by atoms with van der Waals surface area (Å²) in [6.45, 7) is 0.734. The molecular formula is C28H28N2O5. The van der Waals surface area contributed by atoms with Gasteiger partial charge in [-0.15, -0.1) is 0 Å². The van der Waals surface area contributed by atoms with Gasteiger partial charge in [-0.05, 0) is 47.2 Å². The van der Waals surface area contributed by atoms with Crippen LogP contribution in [0.5, 0.6) is 0 Å². The molecule has 0 bridgehead atoms. The van der Waals surface area contributed by atoms with E-state index in [2.05, 4.69) is 34.9 Å². The SMILES string of the molecule is O=C(CCCCCNC(=O)OCC1c2ccccc2-c2ccccc21)Nc1ccccc1C(=O)O. The van der Waals surface area contributed by atoms with Crippen molar-refractivity contribution in [2.45, 2.75) is 31.6 Å². The highest BCUT2D eigenvalue weighted by molar-refractivity contribution is 6.00. The maximum atomic E-state index is 12.2. The number of benzene rings is 3. The Morgan fingerprint density at radius 3 is 2.11 bits per heavy atom. The summed E-state index contributed by atoms with van der Waals surface area (Å²) in [6, 6.07) is 22.7. The van der Waals surface area contributed by atoms with Gasteiger partial charge in [0.25, 0.3) is 0 Å². The van der Waals surface area contributed by atoms with E-state index in [0.717, 1.165) is 6.42 Å². The molecule has 0 saturated carbocycles. The van der Waals surface area contributed by atoms with E-state index in [1.54, 1.807) is 18.2 Å². The number of carbonyl (C=O) groups is 3. The van der Waals surface area contributed by atoms with Crippen molar-refractivity contribution in [3.63, 3.8) is 0 Å². The number of hydrogen-bond acceptors (Lipinski definition) is 4. The first kappa shape index (κ1) is 24.0. The number of nitrogens with one attached hydrogen (secondary N) is 2. The maximum Gasteiger partial charge on any atom is 0.407 e. The number of aromatic carboxylic acids is 1. The molecule has 0 atom stereocenters. The van der Waals surface area contributed by atoms with Crippen LogP contribution in [0.3, 0.4) is 0 Å². The van der Waals surface area contributed by atoms with Gasteiger partial charge in [0.15, 0.2) is 0 Å². The van der Waals surface area contributed by atoms with Gasteiger partial charge < -0.3 is 20.5 Å². The number of anilines is 1. The number of unbranched alkanes of at least 4 members (excludes halogenated alkanes) is 2. The number of amides is 2. The molecule has 0 unspecified atom stereocenters. The lowest BCUT2D eigenvalue weighted by Gasteiger charge is -2.14. The zero-order valence-electron chi connectivity index (χ0n) is 19.3. The van der Waals surface area contributed by atoms with E-state index in [0.29, 0.717) is 25.1 Å². The number of para-hydroxylation sites is 1. The molecule has 3 N–H and O–H groups in total. The van der Waals surface area contributed by atoms with E-state index >= 15 is 0 Å². The van der Waals surface area contributed by atoms with Crippen LogP contribution in [0.1, 0.15) is 53.1 Å². The van der Waals surface area contributed by atoms with E-state index in [4.69, 9.17) is 4.74 Å². The van der Waals surface area contributed by atoms with Crippen molar-refractivity contribution in [2.75, 3.05) is 18.5 Å². The summed E-state index contributed by atoms with van der Waals surface area (Å²) in [5, 5.41) is 14.6. The van der Waals surface area contributed by atoms with Crippen molar-refractivity contribution in [3.05, 3.63) is 89.5 Å². The van der Waals surface area contributed by atoms with E-state index in [-0.39, 0.29) is 30.4 Å². The number of carbonyl (C=O) groups excluding carboxylic acids is 2. The fourth-order valence-electron chi connectivity index (χ4n) is 4.42. The first-order valence-electron chi connectivity index (χ1n) is 11.8. The number of carboxylic acids is 1. The molecule has 0 heterocycles. The first-order valence-corrected chi connectivity index (χ1v) is 11.8. The third kappa shape index (κ3) is 5.87. The molecule has 0 saturated heterocycles. The number of alkyl carbamates (subject to hydrolysis) is 1. The van der Waals surface area contributed by atoms with Crippen LogP contribution in [0, 0.1) is 0 Å². The molecule has 4 rings (SSSR count). The third-order valence-corrected chi connectivity index (χ3v) is 6.13. The standard InChI is InChI=1S/C28H28N2O5/c31-26(30-25-15-8-7-14-23(25)27(32)33)16-2-1-9-17-29-28(34)35-18-24-21-12-5-3-10-19(21)20-11-4-6-13-22(20)24/h3-8,10-15,24H,1-2,9,16-18H2,(H,29,34)(H,30,31)(H,32,33). The van der Waals surface area contributed by atoms with Crippen LogP contribution in [0.15, 0.2) is 72.8 Å². The van der Waals surface area contributed by atoms with E-state index in [1.807, 2.05) is 24.3 Å². The average molecular weight is 473 g/mol. The Morgan fingerprint density at radius 2 is 1.43 bits per heavy atom. The lowest BCUT2D eigenvalue weighted by atomic mass is 9.98. The molecule has 7 heteroatoms. The fraction of sp³-hybridized carbons (Fsp3) is 0.250. The van der Waals surface area contributed by atoms with Gasteiger partial charge in [0, 0.05) is 18.9 Å². The predicted molar refractivity (Wildman–Crippen MR) is 134 cm³/mol. The zero-order chi connectivity index (χ0) is 24.6. The minimum atomic E-state index is -1.08. The van der Waals surface area contributed by atoms with E-state index in [9.17, 15) is 19.5 Å². The predicted octanol–water partition coefficient (Wildman–Crippen LogP) is 5.42. The Hall–Kier alpha value is -4.13. The number of fused-ring (bicyclic) bond motifs is 3. The number of rotatable bonds is 10. The highest BCUT2D eigenvalue weighted by atomic mass is 16.5. The lowest BCUT2D eigenvalue weighted by Crippen LogP contribution is -2.27. The molecule has 1 aliphatic carbocycles. The Kier molecular flexibility index (Phi) is 7.77. The highest BCUT2D eigenvalue weighted by Gasteiger charge is 2.28. The van der Waals surface area contributed by atoms with E-state index in [1.165, 1.54) is 28.3 Å². The van der Waals surface area contributed by atoms with Gasteiger partial charge in [0.1, 0.15) is 6.61 Å². The normalized spacial score (nSPS) is 11.9. The summed E-state index contributed by atoms with van der Waals surface area (Å²) in [6.07, 6.45) is 1.92. The molecule has 7 nitrogen and oxygen atoms in total. The summed E-state index contributed by atoms with van der Waals surface area (Å²) in [5.74, 6) is -1.29. The Bertz CT molecular complexity index is 1180. The minimum absolute atomic E-state index is 0.0259. The Morgan fingerprint density at radius 1 is 0.800 bits per heavy atom. The smallest absolute Gasteiger partial charge is 0.407 e. The van der Waals surface area contributed by atoms with Crippen LogP contribution in [-0.2, 0) is 9.53 Å². The summed E-state index contributed by atoms with van der Waals surface area (Å²) in [5.41, 5.74) is 5.08. The lowest BCUT2D eigenvalue weighted by molar-refractivity contribution is -0.116. The molecule has 0 aromatic heterocycles. The summed E-state index contributed by atoms with van der Waals surface area (Å²) in [7, 11) is 0. The zero-order valence-corrected chi connectivity index (χ0v) is 19.3. The largest absolute Gasteiger partial charge is 0.478 e. The maximum absolute atomic E-state index is 12.2. The van der Waals surface area contributed by atoms with Crippen molar-refractivity contribution >= 4 is 23.7 Å². The third-order valence-electron chi connectivity index (χ3n) is 6.13. The molecule has 0 fully saturated rings. The van der Waals surface area contributed by atoms with Crippen LogP contribution in [0.4, 0.5) is 10.5 Å². The summed E-state index contributed by atoms with van der Waals surface area (Å²) < 4.78 is 5.52. The van der Waals surface area contributed by atoms with Crippen molar-refractivity contribution in [2.24, 2.45) is 0 Å². The van der Waals surface area contributed by atoms with Crippen molar-refractivity contribution in [1.29, 1.82) is 0 Å². The summed E-state index contributed by atoms with van der Waals surface area (Å²) in [4.78, 5) is 35.6. The minimum Gasteiger partial charge on any atom is -0.478 e. The molecule has 0 spiro atoms. The summed E-state index contributed by atoms with van der Waals surface area (Å²) >= 11 is 0. The molecule has 3 aromatic carbocycles. The second-order valence-corrected chi connectivity index (χ2v) is 8.46. The quantitative estimate of drug-likeness (QED) is 0.342. The first-order chi connectivity index (χ1) is 17.0. The fourth-order valence-corrected chi connectivity index (χ4v) is 4.42. The van der Waals surface area contributed by atoms with Gasteiger partial charge in [-0.1, -0.05) is 67.1 Å². The topological polar surface area (TPSA) is 105 Å². The van der Waals surface area contributed by atoms with Gasteiger partial charge in [0.05, 0.1) is 11.3 Å². The average Bonchev–Trinajstić information content (AvgIpc) is 3.18. The molecular weight excluding hydrogens is 444 g/mol. The highest BCUT2D eigenvalue weighted by Crippen LogP contribution is 2.44. The second-order valence-electron chi connectivity index (χ2n) is 8.46. The molecule has 180 valence electrons. The molecule has 3 aromatic rings. The van der Waals surface area contributed by atoms with Crippen LogP contribution in [0.25, 0.3) is 11.1 Å². The molecule has 35 heavy (non-hydrogen) atoms. The van der Waals surface area contributed by atoms with Gasteiger partial charge in [0.2, 0.25) is 5.91 Å². The Labute approximate surface area is 204 Å². The van der Waals surface area contributed by atoms with Gasteiger partial charge >= 0.3 is 12.1 Å². The molecule has 2 amide bonds. The van der Waals surface area contributed by atoms with Crippen molar-refractivity contribution in [1.82, 2.24) is 5.32 Å². The van der Waals surface area contributed by atoms with Crippen LogP contribution in [0.2, 0.25) is 0 Å². The number of hydrogen-bond donors (Lipinski definition) is 3. The van der Waals surface area contributed by atoms with Crippen LogP contribution in [-0.4, -0.2) is 36.2 Å². The number of carboxylic acid groups (broad SMARTS) is 1. The van der Waals surface area contributed by atoms with Crippen molar-refractivity contribution < 1.29 is 24.2 Å². The van der Waals surface area contributed by atoms with E-state index < -0.39 is 12.1 Å². The number of ether oxygens (including phenoxy) is 1. The van der Waals surface area contributed by atoms with Crippen molar-refractivity contribution in [3.8, 4) is 11.1 Å². The monoisotopic (exact) mass is 472 g/mol. The van der Waals surface area contributed by atoms with Gasteiger partial charge in [-0.2, -0.15) is 0 Å². The second kappa shape index (κ2) is 11.3.